The normalized spacial score (nSPS) is 20.8. The van der Waals surface area contributed by atoms with Gasteiger partial charge in [-0.05, 0) is 84.1 Å². The second kappa shape index (κ2) is 7.12. The smallest absolute Gasteiger partial charge is 0.254 e. The van der Waals surface area contributed by atoms with E-state index < -0.39 is 0 Å². The number of likely N-dealkylation sites (tertiary alicyclic amines) is 1. The second-order valence-electron chi connectivity index (χ2n) is 8.96. The monoisotopic (exact) mass is 380 g/mol. The van der Waals surface area contributed by atoms with E-state index in [1.165, 1.54) is 5.56 Å². The number of rotatable bonds is 1. The van der Waals surface area contributed by atoms with Gasteiger partial charge in [-0.25, -0.2) is 0 Å². The van der Waals surface area contributed by atoms with Crippen LogP contribution in [-0.4, -0.2) is 77.9 Å². The van der Waals surface area contributed by atoms with Crippen molar-refractivity contribution in [2.24, 2.45) is 0 Å². The quantitative estimate of drug-likeness (QED) is 0.762. The molecule has 5 heteroatoms. The number of carbonyl (C=O) groups is 1. The van der Waals surface area contributed by atoms with Crippen LogP contribution >= 0.6 is 0 Å². The molecule has 0 atom stereocenters. The standard InChI is InChI=1S/C23H32N4O/c1-16-12-17(2)21-19(14-18(3)24-20(21)13-16)22(28)27-11-10-26(5)23(15-27)6-8-25(4)9-7-23/h12-14H,6-11,15H2,1-5H3. The summed E-state index contributed by atoms with van der Waals surface area (Å²) in [5.74, 6) is 0.161. The fourth-order valence-electron chi connectivity index (χ4n) is 5.04. The Morgan fingerprint density at radius 3 is 2.43 bits per heavy atom. The minimum absolute atomic E-state index is 0.115. The molecule has 0 aliphatic carbocycles. The largest absolute Gasteiger partial charge is 0.335 e. The molecule has 2 aliphatic heterocycles. The highest BCUT2D eigenvalue weighted by atomic mass is 16.2. The van der Waals surface area contributed by atoms with Crippen molar-refractivity contribution in [1.29, 1.82) is 0 Å². The molecule has 1 aromatic heterocycles. The highest BCUT2D eigenvalue weighted by Crippen LogP contribution is 2.33. The molecule has 0 saturated carbocycles. The van der Waals surface area contributed by atoms with Gasteiger partial charge >= 0.3 is 0 Å². The number of carbonyl (C=O) groups excluding carboxylic acids is 1. The molecule has 5 nitrogen and oxygen atoms in total. The minimum Gasteiger partial charge on any atom is -0.335 e. The van der Waals surface area contributed by atoms with E-state index in [9.17, 15) is 4.79 Å². The summed E-state index contributed by atoms with van der Waals surface area (Å²) in [6, 6.07) is 6.22. The zero-order valence-corrected chi connectivity index (χ0v) is 17.9. The van der Waals surface area contributed by atoms with Gasteiger partial charge in [-0.2, -0.15) is 0 Å². The van der Waals surface area contributed by atoms with Crippen molar-refractivity contribution >= 4 is 16.8 Å². The molecule has 2 aliphatic rings. The summed E-state index contributed by atoms with van der Waals surface area (Å²) in [6.45, 7) is 10.9. The van der Waals surface area contributed by atoms with Gasteiger partial charge in [0.05, 0.1) is 11.1 Å². The van der Waals surface area contributed by atoms with Crippen LogP contribution < -0.4 is 0 Å². The third kappa shape index (κ3) is 3.31. The Hall–Kier alpha value is -1.98. The Balaban J connectivity index is 1.70. The molecule has 0 radical (unpaired) electrons. The molecule has 2 fully saturated rings. The molecule has 1 aromatic carbocycles. The molecule has 0 bridgehead atoms. The fourth-order valence-corrected chi connectivity index (χ4v) is 5.04. The summed E-state index contributed by atoms with van der Waals surface area (Å²) >= 11 is 0. The van der Waals surface area contributed by atoms with Crippen LogP contribution in [0.3, 0.4) is 0 Å². The third-order valence-corrected chi connectivity index (χ3v) is 6.81. The van der Waals surface area contributed by atoms with E-state index in [2.05, 4.69) is 54.8 Å². The van der Waals surface area contributed by atoms with E-state index in [-0.39, 0.29) is 11.4 Å². The van der Waals surface area contributed by atoms with Gasteiger partial charge in [-0.1, -0.05) is 6.07 Å². The van der Waals surface area contributed by atoms with Crippen LogP contribution in [0, 0.1) is 20.8 Å². The maximum absolute atomic E-state index is 13.7. The predicted molar refractivity (Wildman–Crippen MR) is 114 cm³/mol. The summed E-state index contributed by atoms with van der Waals surface area (Å²) in [5, 5.41) is 1.01. The van der Waals surface area contributed by atoms with Crippen molar-refractivity contribution in [3.63, 3.8) is 0 Å². The minimum atomic E-state index is 0.115. The molecule has 150 valence electrons. The lowest BCUT2D eigenvalue weighted by atomic mass is 9.83. The molecule has 1 spiro atoms. The number of amides is 1. The molecule has 1 amide bonds. The average Bonchev–Trinajstić information content (AvgIpc) is 2.64. The van der Waals surface area contributed by atoms with Crippen molar-refractivity contribution in [1.82, 2.24) is 19.7 Å². The SMILES string of the molecule is Cc1cc(C)c2c(C(=O)N3CCN(C)C4(CCN(C)CC4)C3)cc(C)nc2c1. The molecule has 0 N–H and O–H groups in total. The number of aromatic nitrogens is 1. The average molecular weight is 381 g/mol. The summed E-state index contributed by atoms with van der Waals surface area (Å²) in [5.41, 5.74) is 5.09. The molecular weight excluding hydrogens is 348 g/mol. The van der Waals surface area contributed by atoms with E-state index in [0.717, 1.165) is 73.3 Å². The van der Waals surface area contributed by atoms with Gasteiger partial charge in [-0.15, -0.1) is 0 Å². The van der Waals surface area contributed by atoms with Crippen molar-refractivity contribution in [2.45, 2.75) is 39.2 Å². The predicted octanol–water partition coefficient (Wildman–Crippen LogP) is 3.01. The van der Waals surface area contributed by atoms with Crippen molar-refractivity contribution in [3.05, 3.63) is 40.6 Å². The lowest BCUT2D eigenvalue weighted by Gasteiger charge is -2.52. The van der Waals surface area contributed by atoms with Gasteiger partial charge in [0.1, 0.15) is 0 Å². The first kappa shape index (κ1) is 19.3. The van der Waals surface area contributed by atoms with Crippen LogP contribution in [0.4, 0.5) is 0 Å². The zero-order valence-electron chi connectivity index (χ0n) is 17.9. The maximum atomic E-state index is 13.7. The van der Waals surface area contributed by atoms with Crippen molar-refractivity contribution in [3.8, 4) is 0 Å². The van der Waals surface area contributed by atoms with Crippen molar-refractivity contribution < 1.29 is 4.79 Å². The van der Waals surface area contributed by atoms with Gasteiger partial charge in [0.25, 0.3) is 5.91 Å². The second-order valence-corrected chi connectivity index (χ2v) is 8.96. The third-order valence-electron chi connectivity index (χ3n) is 6.81. The Morgan fingerprint density at radius 2 is 1.71 bits per heavy atom. The van der Waals surface area contributed by atoms with Crippen molar-refractivity contribution in [2.75, 3.05) is 46.8 Å². The highest BCUT2D eigenvalue weighted by molar-refractivity contribution is 6.07. The molecule has 28 heavy (non-hydrogen) atoms. The number of aryl methyl sites for hydroxylation is 3. The van der Waals surface area contributed by atoms with Crippen LogP contribution in [0.15, 0.2) is 18.2 Å². The van der Waals surface area contributed by atoms with Gasteiger partial charge in [-0.3, -0.25) is 14.7 Å². The fraction of sp³-hybridized carbons (Fsp3) is 0.565. The Bertz CT molecular complexity index is 909. The van der Waals surface area contributed by atoms with E-state index in [1.807, 2.05) is 13.0 Å². The molecule has 4 rings (SSSR count). The van der Waals surface area contributed by atoms with Gasteiger partial charge in [0.15, 0.2) is 0 Å². The van der Waals surface area contributed by atoms with Crippen LogP contribution in [0.1, 0.15) is 40.0 Å². The molecule has 2 saturated heterocycles. The Morgan fingerprint density at radius 1 is 1.00 bits per heavy atom. The molecule has 0 unspecified atom stereocenters. The van der Waals surface area contributed by atoms with Gasteiger partial charge in [0, 0.05) is 36.3 Å². The van der Waals surface area contributed by atoms with E-state index in [1.54, 1.807) is 0 Å². The first-order valence-corrected chi connectivity index (χ1v) is 10.4. The number of nitrogens with zero attached hydrogens (tertiary/aromatic N) is 4. The number of benzene rings is 1. The molecular formula is C23H32N4O. The number of piperidine rings is 1. The van der Waals surface area contributed by atoms with E-state index in [0.29, 0.717) is 0 Å². The Labute approximate surface area is 168 Å². The number of likely N-dealkylation sites (N-methyl/N-ethyl adjacent to an activating group) is 1. The van der Waals surface area contributed by atoms with Crippen LogP contribution in [-0.2, 0) is 0 Å². The first-order chi connectivity index (χ1) is 13.3. The summed E-state index contributed by atoms with van der Waals surface area (Å²) < 4.78 is 0. The number of hydrogen-bond acceptors (Lipinski definition) is 4. The van der Waals surface area contributed by atoms with Crippen LogP contribution in [0.5, 0.6) is 0 Å². The van der Waals surface area contributed by atoms with E-state index >= 15 is 0 Å². The molecule has 2 aromatic rings. The lowest BCUT2D eigenvalue weighted by molar-refractivity contribution is -0.0169. The van der Waals surface area contributed by atoms with E-state index in [4.69, 9.17) is 4.98 Å². The summed E-state index contributed by atoms with van der Waals surface area (Å²) in [6.07, 6.45) is 2.25. The number of fused-ring (bicyclic) bond motifs is 1. The summed E-state index contributed by atoms with van der Waals surface area (Å²) in [7, 11) is 4.42. The first-order valence-electron chi connectivity index (χ1n) is 10.4. The number of piperazine rings is 1. The van der Waals surface area contributed by atoms with Gasteiger partial charge < -0.3 is 9.80 Å². The van der Waals surface area contributed by atoms with Crippen LogP contribution in [0.2, 0.25) is 0 Å². The van der Waals surface area contributed by atoms with Crippen LogP contribution in [0.25, 0.3) is 10.9 Å². The summed E-state index contributed by atoms with van der Waals surface area (Å²) in [4.78, 5) is 25.4. The maximum Gasteiger partial charge on any atom is 0.254 e. The highest BCUT2D eigenvalue weighted by Gasteiger charge is 2.43. The lowest BCUT2D eigenvalue weighted by Crippen LogP contribution is -2.65. The zero-order chi connectivity index (χ0) is 20.1. The van der Waals surface area contributed by atoms with Gasteiger partial charge in [0.2, 0.25) is 0 Å². The number of hydrogen-bond donors (Lipinski definition) is 0. The molecule has 3 heterocycles. The Kier molecular flexibility index (Phi) is 4.92. The topological polar surface area (TPSA) is 39.7 Å². The number of pyridine rings is 1.